The molecule has 0 bridgehead atoms. The molecular formula is C13H19N3O2. The van der Waals surface area contributed by atoms with Crippen LogP contribution in [0.3, 0.4) is 0 Å². The van der Waals surface area contributed by atoms with E-state index in [0.717, 1.165) is 24.7 Å². The predicted octanol–water partition coefficient (Wildman–Crippen LogP) is 1.82. The number of anilines is 1. The van der Waals surface area contributed by atoms with Crippen molar-refractivity contribution in [1.82, 2.24) is 9.97 Å². The Hall–Kier alpha value is -1.65. The van der Waals surface area contributed by atoms with Crippen molar-refractivity contribution >= 4 is 11.9 Å². The molecule has 1 saturated heterocycles. The van der Waals surface area contributed by atoms with E-state index in [-0.39, 0.29) is 5.97 Å². The molecule has 0 amide bonds. The maximum absolute atomic E-state index is 11.7. The number of hydrogen-bond acceptors (Lipinski definition) is 5. The highest BCUT2D eigenvalue weighted by Crippen LogP contribution is 2.18. The van der Waals surface area contributed by atoms with Crippen molar-refractivity contribution in [2.24, 2.45) is 0 Å². The molecule has 5 heteroatoms. The molecule has 1 fully saturated rings. The smallest absolute Gasteiger partial charge is 0.341 e. The fourth-order valence-electron chi connectivity index (χ4n) is 2.12. The highest BCUT2D eigenvalue weighted by Gasteiger charge is 2.19. The van der Waals surface area contributed by atoms with Gasteiger partial charge in [0.05, 0.1) is 17.9 Å². The Labute approximate surface area is 107 Å². The number of carbonyl (C=O) groups excluding carboxylic acids is 1. The zero-order chi connectivity index (χ0) is 13.0. The summed E-state index contributed by atoms with van der Waals surface area (Å²) in [6, 6.07) is 0. The van der Waals surface area contributed by atoms with Crippen molar-refractivity contribution in [2.75, 3.05) is 24.6 Å². The van der Waals surface area contributed by atoms with Crippen molar-refractivity contribution in [3.8, 4) is 0 Å². The molecule has 18 heavy (non-hydrogen) atoms. The summed E-state index contributed by atoms with van der Waals surface area (Å²) in [5, 5.41) is 0. The summed E-state index contributed by atoms with van der Waals surface area (Å²) in [5.41, 5.74) is 1.26. The monoisotopic (exact) mass is 249 g/mol. The standard InChI is InChI=1S/C13H19N3O2/c1-3-11-10(12(17)18-4-2)9-14-13(15-11)16-7-5-6-8-16/h9H,3-8H2,1-2H3. The minimum atomic E-state index is -0.331. The molecule has 1 aliphatic rings. The van der Waals surface area contributed by atoms with Gasteiger partial charge in [0.2, 0.25) is 5.95 Å². The molecule has 1 aliphatic heterocycles. The first-order chi connectivity index (χ1) is 8.76. The van der Waals surface area contributed by atoms with Crippen molar-refractivity contribution in [3.63, 3.8) is 0 Å². The lowest BCUT2D eigenvalue weighted by molar-refractivity contribution is 0.0524. The van der Waals surface area contributed by atoms with Crippen LogP contribution in [0, 0.1) is 0 Å². The maximum atomic E-state index is 11.7. The van der Waals surface area contributed by atoms with E-state index < -0.39 is 0 Å². The van der Waals surface area contributed by atoms with Crippen molar-refractivity contribution in [2.45, 2.75) is 33.1 Å². The van der Waals surface area contributed by atoms with Gasteiger partial charge in [-0.15, -0.1) is 0 Å². The number of aromatic nitrogens is 2. The molecule has 1 aromatic heterocycles. The average molecular weight is 249 g/mol. The van der Waals surface area contributed by atoms with Crippen LogP contribution in [0.5, 0.6) is 0 Å². The normalized spacial score (nSPS) is 14.9. The Kier molecular flexibility index (Phi) is 4.12. The molecule has 1 aromatic rings. The molecule has 0 aromatic carbocycles. The van der Waals surface area contributed by atoms with Gasteiger partial charge >= 0.3 is 5.97 Å². The first kappa shape index (κ1) is 12.8. The molecule has 2 heterocycles. The Morgan fingerprint density at radius 1 is 1.39 bits per heavy atom. The van der Waals surface area contributed by atoms with Crippen LogP contribution >= 0.6 is 0 Å². The third kappa shape index (κ3) is 2.60. The summed E-state index contributed by atoms with van der Waals surface area (Å²) in [6.45, 7) is 6.15. The fraction of sp³-hybridized carbons (Fsp3) is 0.615. The first-order valence-electron chi connectivity index (χ1n) is 6.54. The molecule has 0 aliphatic carbocycles. The summed E-state index contributed by atoms with van der Waals surface area (Å²) < 4.78 is 5.00. The van der Waals surface area contributed by atoms with E-state index in [9.17, 15) is 4.79 Å². The Morgan fingerprint density at radius 2 is 2.11 bits per heavy atom. The molecular weight excluding hydrogens is 230 g/mol. The summed E-state index contributed by atoms with van der Waals surface area (Å²) >= 11 is 0. The van der Waals surface area contributed by atoms with Gasteiger partial charge in [-0.3, -0.25) is 0 Å². The topological polar surface area (TPSA) is 55.3 Å². The second-order valence-corrected chi connectivity index (χ2v) is 4.30. The van der Waals surface area contributed by atoms with Crippen LogP contribution in [0.4, 0.5) is 5.95 Å². The highest BCUT2D eigenvalue weighted by atomic mass is 16.5. The molecule has 5 nitrogen and oxygen atoms in total. The van der Waals surface area contributed by atoms with Gasteiger partial charge in [0.25, 0.3) is 0 Å². The van der Waals surface area contributed by atoms with Crippen LogP contribution in [-0.4, -0.2) is 35.6 Å². The quantitative estimate of drug-likeness (QED) is 0.762. The molecule has 0 atom stereocenters. The van der Waals surface area contributed by atoms with Crippen LogP contribution in [-0.2, 0) is 11.2 Å². The van der Waals surface area contributed by atoms with Gasteiger partial charge in [0.1, 0.15) is 0 Å². The number of hydrogen-bond donors (Lipinski definition) is 0. The van der Waals surface area contributed by atoms with Crippen molar-refractivity contribution in [3.05, 3.63) is 17.5 Å². The maximum Gasteiger partial charge on any atom is 0.341 e. The van der Waals surface area contributed by atoms with Gasteiger partial charge in [-0.25, -0.2) is 14.8 Å². The van der Waals surface area contributed by atoms with E-state index in [0.29, 0.717) is 18.6 Å². The van der Waals surface area contributed by atoms with Crippen LogP contribution in [0.1, 0.15) is 42.7 Å². The van der Waals surface area contributed by atoms with E-state index in [1.54, 1.807) is 13.1 Å². The zero-order valence-electron chi connectivity index (χ0n) is 11.0. The van der Waals surface area contributed by atoms with Crippen LogP contribution in [0.15, 0.2) is 6.20 Å². The predicted molar refractivity (Wildman–Crippen MR) is 68.8 cm³/mol. The SMILES string of the molecule is CCOC(=O)c1cnc(N2CCCC2)nc1CC. The van der Waals surface area contributed by atoms with Crippen molar-refractivity contribution < 1.29 is 9.53 Å². The Morgan fingerprint density at radius 3 is 2.72 bits per heavy atom. The first-order valence-corrected chi connectivity index (χ1v) is 6.54. The molecule has 0 spiro atoms. The Bertz CT molecular complexity index is 428. The lowest BCUT2D eigenvalue weighted by Gasteiger charge is -2.16. The number of aryl methyl sites for hydroxylation is 1. The number of rotatable bonds is 4. The minimum absolute atomic E-state index is 0.331. The average Bonchev–Trinajstić information content (AvgIpc) is 2.92. The second kappa shape index (κ2) is 5.80. The number of ether oxygens (including phenoxy) is 1. The van der Waals surface area contributed by atoms with Gasteiger partial charge in [0, 0.05) is 19.3 Å². The van der Waals surface area contributed by atoms with E-state index in [2.05, 4.69) is 14.9 Å². The second-order valence-electron chi connectivity index (χ2n) is 4.30. The van der Waals surface area contributed by atoms with Gasteiger partial charge in [0.15, 0.2) is 0 Å². The number of carbonyl (C=O) groups is 1. The fourth-order valence-corrected chi connectivity index (χ4v) is 2.12. The van der Waals surface area contributed by atoms with Gasteiger partial charge in [-0.05, 0) is 26.2 Å². The van der Waals surface area contributed by atoms with Gasteiger partial charge < -0.3 is 9.64 Å². The lowest BCUT2D eigenvalue weighted by atomic mass is 10.2. The van der Waals surface area contributed by atoms with E-state index in [1.165, 1.54) is 12.8 Å². The molecule has 0 radical (unpaired) electrons. The largest absolute Gasteiger partial charge is 0.462 e. The third-order valence-electron chi connectivity index (χ3n) is 3.07. The summed E-state index contributed by atoms with van der Waals surface area (Å²) in [4.78, 5) is 22.7. The molecule has 98 valence electrons. The summed E-state index contributed by atoms with van der Waals surface area (Å²) in [7, 11) is 0. The molecule has 2 rings (SSSR count). The molecule has 0 N–H and O–H groups in total. The van der Waals surface area contributed by atoms with Crippen LogP contribution in [0.25, 0.3) is 0 Å². The lowest BCUT2D eigenvalue weighted by Crippen LogP contribution is -2.22. The summed E-state index contributed by atoms with van der Waals surface area (Å²) in [6.07, 6.45) is 4.67. The number of esters is 1. The van der Waals surface area contributed by atoms with Crippen molar-refractivity contribution in [1.29, 1.82) is 0 Å². The van der Waals surface area contributed by atoms with E-state index in [4.69, 9.17) is 4.74 Å². The number of nitrogens with zero attached hydrogens (tertiary/aromatic N) is 3. The van der Waals surface area contributed by atoms with E-state index >= 15 is 0 Å². The third-order valence-corrected chi connectivity index (χ3v) is 3.07. The van der Waals surface area contributed by atoms with Crippen LogP contribution in [0.2, 0.25) is 0 Å². The minimum Gasteiger partial charge on any atom is -0.462 e. The Balaban J connectivity index is 2.24. The van der Waals surface area contributed by atoms with Gasteiger partial charge in [-0.1, -0.05) is 6.92 Å². The van der Waals surface area contributed by atoms with E-state index in [1.807, 2.05) is 6.92 Å². The van der Waals surface area contributed by atoms with Crippen LogP contribution < -0.4 is 4.90 Å². The highest BCUT2D eigenvalue weighted by molar-refractivity contribution is 5.90. The summed E-state index contributed by atoms with van der Waals surface area (Å²) in [5.74, 6) is 0.403. The molecule has 0 unspecified atom stereocenters. The van der Waals surface area contributed by atoms with Gasteiger partial charge in [-0.2, -0.15) is 0 Å². The molecule has 0 saturated carbocycles. The zero-order valence-corrected chi connectivity index (χ0v) is 11.0.